The molecule has 0 radical (unpaired) electrons. The molecule has 1 amide bonds. The van der Waals surface area contributed by atoms with Crippen molar-refractivity contribution in [3.63, 3.8) is 0 Å². The Bertz CT molecular complexity index is 1100. The van der Waals surface area contributed by atoms with Gasteiger partial charge >= 0.3 is 0 Å². The van der Waals surface area contributed by atoms with Gasteiger partial charge in [-0.15, -0.1) is 11.3 Å². The molecule has 25 heavy (non-hydrogen) atoms. The molecule has 0 spiro atoms. The lowest BCUT2D eigenvalue weighted by atomic mass is 10.1. The Morgan fingerprint density at radius 1 is 1.16 bits per heavy atom. The second-order valence-electron chi connectivity index (χ2n) is 6.07. The molecule has 7 heteroatoms. The van der Waals surface area contributed by atoms with Crippen molar-refractivity contribution < 1.29 is 13.2 Å². The summed E-state index contributed by atoms with van der Waals surface area (Å²) in [7, 11) is -3.32. The number of aryl methyl sites for hydroxylation is 3. The van der Waals surface area contributed by atoms with Crippen LogP contribution in [-0.2, 0) is 9.84 Å². The van der Waals surface area contributed by atoms with E-state index in [1.54, 1.807) is 12.1 Å². The number of rotatable bonds is 3. The number of fused-ring (bicyclic) bond motifs is 1. The third-order valence-corrected chi connectivity index (χ3v) is 6.25. The van der Waals surface area contributed by atoms with Gasteiger partial charge in [0.25, 0.3) is 5.91 Å². The Labute approximate surface area is 150 Å². The molecule has 0 saturated carbocycles. The van der Waals surface area contributed by atoms with Crippen molar-refractivity contribution in [1.29, 1.82) is 0 Å². The van der Waals surface area contributed by atoms with Crippen molar-refractivity contribution in [1.82, 2.24) is 4.98 Å². The molecule has 5 nitrogen and oxygen atoms in total. The van der Waals surface area contributed by atoms with Gasteiger partial charge in [-0.2, -0.15) is 0 Å². The van der Waals surface area contributed by atoms with Gasteiger partial charge in [0.2, 0.25) is 0 Å². The fourth-order valence-corrected chi connectivity index (χ4v) is 4.69. The van der Waals surface area contributed by atoms with Gasteiger partial charge in [0.05, 0.1) is 9.77 Å². The van der Waals surface area contributed by atoms with E-state index in [4.69, 9.17) is 0 Å². The summed E-state index contributed by atoms with van der Waals surface area (Å²) in [5.74, 6) is -0.261. The standard InChI is InChI=1S/C18H18N2O3S2/c1-10-8-11(2)19-18-15(10)12(3)16(24-18)17(21)20-13-6-5-7-14(9-13)25(4,22)23/h5-9H,1-4H3,(H,20,21). The highest BCUT2D eigenvalue weighted by Gasteiger charge is 2.18. The molecule has 0 aliphatic rings. The van der Waals surface area contributed by atoms with E-state index in [1.165, 1.54) is 23.5 Å². The first-order chi connectivity index (χ1) is 11.7. The van der Waals surface area contributed by atoms with E-state index in [1.807, 2.05) is 26.8 Å². The van der Waals surface area contributed by atoms with E-state index >= 15 is 0 Å². The molecular weight excluding hydrogens is 356 g/mol. The number of sulfone groups is 1. The Balaban J connectivity index is 1.99. The van der Waals surface area contributed by atoms with E-state index in [2.05, 4.69) is 10.3 Å². The van der Waals surface area contributed by atoms with Gasteiger partial charge in [0, 0.05) is 23.0 Å². The SMILES string of the molecule is Cc1cc(C)c2c(C)c(C(=O)Nc3cccc(S(C)(=O)=O)c3)sc2n1. The van der Waals surface area contributed by atoms with E-state index in [0.29, 0.717) is 10.6 Å². The minimum Gasteiger partial charge on any atom is -0.321 e. The summed E-state index contributed by atoms with van der Waals surface area (Å²) in [6.45, 7) is 5.84. The summed E-state index contributed by atoms with van der Waals surface area (Å²) in [4.78, 5) is 18.8. The summed E-state index contributed by atoms with van der Waals surface area (Å²) in [5.41, 5.74) is 3.35. The molecule has 0 unspecified atom stereocenters. The summed E-state index contributed by atoms with van der Waals surface area (Å²) in [6.07, 6.45) is 1.14. The first kappa shape index (κ1) is 17.6. The van der Waals surface area contributed by atoms with Gasteiger partial charge in [0.1, 0.15) is 4.83 Å². The van der Waals surface area contributed by atoms with Crippen molar-refractivity contribution in [2.75, 3.05) is 11.6 Å². The van der Waals surface area contributed by atoms with Crippen LogP contribution in [0.4, 0.5) is 5.69 Å². The smallest absolute Gasteiger partial charge is 0.266 e. The number of benzene rings is 1. The molecule has 3 rings (SSSR count). The van der Waals surface area contributed by atoms with Crippen LogP contribution >= 0.6 is 11.3 Å². The number of amides is 1. The highest BCUT2D eigenvalue weighted by Crippen LogP contribution is 2.32. The third kappa shape index (κ3) is 3.43. The predicted molar refractivity (Wildman–Crippen MR) is 101 cm³/mol. The van der Waals surface area contributed by atoms with Gasteiger partial charge in [-0.05, 0) is 56.2 Å². The zero-order valence-electron chi connectivity index (χ0n) is 14.4. The number of nitrogens with zero attached hydrogens (tertiary/aromatic N) is 1. The molecule has 0 atom stereocenters. The van der Waals surface area contributed by atoms with Crippen LogP contribution in [0.2, 0.25) is 0 Å². The fourth-order valence-electron chi connectivity index (χ4n) is 2.83. The lowest BCUT2D eigenvalue weighted by molar-refractivity contribution is 0.103. The molecule has 130 valence electrons. The van der Waals surface area contributed by atoms with Crippen molar-refractivity contribution in [3.05, 3.63) is 52.0 Å². The topological polar surface area (TPSA) is 76.1 Å². The number of carbonyl (C=O) groups is 1. The molecule has 0 fully saturated rings. The highest BCUT2D eigenvalue weighted by molar-refractivity contribution is 7.90. The third-order valence-electron chi connectivity index (χ3n) is 3.95. The predicted octanol–water partition coefficient (Wildman–Crippen LogP) is 3.88. The van der Waals surface area contributed by atoms with Crippen molar-refractivity contribution in [2.24, 2.45) is 0 Å². The first-order valence-corrected chi connectivity index (χ1v) is 10.4. The van der Waals surface area contributed by atoms with E-state index in [9.17, 15) is 13.2 Å². The first-order valence-electron chi connectivity index (χ1n) is 7.65. The van der Waals surface area contributed by atoms with Crippen LogP contribution in [0.5, 0.6) is 0 Å². The number of nitrogens with one attached hydrogen (secondary N) is 1. The van der Waals surface area contributed by atoms with Gasteiger partial charge in [-0.1, -0.05) is 6.07 Å². The van der Waals surface area contributed by atoms with Crippen LogP contribution in [0.15, 0.2) is 35.2 Å². The Hall–Kier alpha value is -2.25. The van der Waals surface area contributed by atoms with Gasteiger partial charge in [0.15, 0.2) is 9.84 Å². The van der Waals surface area contributed by atoms with E-state index in [-0.39, 0.29) is 10.8 Å². The second-order valence-corrected chi connectivity index (χ2v) is 9.09. The number of carbonyl (C=O) groups excluding carboxylic acids is 1. The fraction of sp³-hybridized carbons (Fsp3) is 0.222. The maximum Gasteiger partial charge on any atom is 0.266 e. The Kier molecular flexibility index (Phi) is 4.38. The highest BCUT2D eigenvalue weighted by atomic mass is 32.2. The van der Waals surface area contributed by atoms with Crippen molar-refractivity contribution in [3.8, 4) is 0 Å². The average Bonchev–Trinajstić information content (AvgIpc) is 2.83. The summed E-state index contributed by atoms with van der Waals surface area (Å²) in [5, 5.41) is 3.79. The van der Waals surface area contributed by atoms with Gasteiger partial charge < -0.3 is 5.32 Å². The normalized spacial score (nSPS) is 11.7. The number of anilines is 1. The maximum absolute atomic E-state index is 12.7. The number of hydrogen-bond donors (Lipinski definition) is 1. The zero-order chi connectivity index (χ0) is 18.4. The largest absolute Gasteiger partial charge is 0.321 e. The molecular formula is C18H18N2O3S2. The monoisotopic (exact) mass is 374 g/mol. The zero-order valence-corrected chi connectivity index (χ0v) is 16.0. The number of hydrogen-bond acceptors (Lipinski definition) is 5. The Morgan fingerprint density at radius 2 is 1.88 bits per heavy atom. The van der Waals surface area contributed by atoms with Crippen LogP contribution in [0.1, 0.15) is 26.5 Å². The van der Waals surface area contributed by atoms with Crippen LogP contribution in [0.3, 0.4) is 0 Å². The van der Waals surface area contributed by atoms with E-state index < -0.39 is 9.84 Å². The van der Waals surface area contributed by atoms with Crippen LogP contribution < -0.4 is 5.32 Å². The van der Waals surface area contributed by atoms with Crippen molar-refractivity contribution in [2.45, 2.75) is 25.7 Å². The average molecular weight is 374 g/mol. The summed E-state index contributed by atoms with van der Waals surface area (Å²) < 4.78 is 23.3. The second kappa shape index (κ2) is 6.24. The van der Waals surface area contributed by atoms with Crippen LogP contribution in [0.25, 0.3) is 10.2 Å². The lowest BCUT2D eigenvalue weighted by Crippen LogP contribution is -2.12. The molecule has 2 aromatic heterocycles. The van der Waals surface area contributed by atoms with Crippen molar-refractivity contribution >= 4 is 43.0 Å². The van der Waals surface area contributed by atoms with Gasteiger partial charge in [-0.25, -0.2) is 13.4 Å². The van der Waals surface area contributed by atoms with Crippen LogP contribution in [0, 0.1) is 20.8 Å². The number of aromatic nitrogens is 1. The number of thiophene rings is 1. The minimum atomic E-state index is -3.32. The van der Waals surface area contributed by atoms with Crippen LogP contribution in [-0.4, -0.2) is 25.6 Å². The Morgan fingerprint density at radius 3 is 2.56 bits per heavy atom. The molecule has 0 aliphatic heterocycles. The molecule has 1 N–H and O–H groups in total. The molecule has 2 heterocycles. The molecule has 0 aliphatic carbocycles. The number of pyridine rings is 1. The molecule has 3 aromatic rings. The quantitative estimate of drug-likeness (QED) is 0.755. The summed E-state index contributed by atoms with van der Waals surface area (Å²) >= 11 is 1.35. The minimum absolute atomic E-state index is 0.173. The molecule has 0 bridgehead atoms. The van der Waals surface area contributed by atoms with E-state index in [0.717, 1.165) is 33.3 Å². The lowest BCUT2D eigenvalue weighted by Gasteiger charge is -2.06. The maximum atomic E-state index is 12.7. The van der Waals surface area contributed by atoms with Gasteiger partial charge in [-0.3, -0.25) is 4.79 Å². The molecule has 0 saturated heterocycles. The summed E-state index contributed by atoms with van der Waals surface area (Å²) in [6, 6.07) is 8.25. The molecule has 1 aromatic carbocycles.